The molecule has 0 aromatic heterocycles. The Morgan fingerprint density at radius 1 is 1.14 bits per heavy atom. The molecule has 2 heterocycles. The molecule has 3 N–H and O–H groups in total. The van der Waals surface area contributed by atoms with Gasteiger partial charge in [0.25, 0.3) is 0 Å². The van der Waals surface area contributed by atoms with Crippen molar-refractivity contribution in [1.29, 1.82) is 0 Å². The Labute approximate surface area is 134 Å². The standard InChI is InChI=1S/C10H13NO3.C5H11N.C2H6/c11-6-8(12)7-1-2-9-10(5-7)14-4-3-13-9;1-6-4-2-3-5-6;1-2/h1-2,5,8,12H,3-4,6,11H2;2-5H2,1H3;1-2H3. The number of aliphatic hydroxyl groups excluding tert-OH is 1. The smallest absolute Gasteiger partial charge is 0.161 e. The molecule has 0 saturated carbocycles. The predicted molar refractivity (Wildman–Crippen MR) is 89.5 cm³/mol. The Kier molecular flexibility index (Phi) is 8.89. The molecule has 22 heavy (non-hydrogen) atoms. The lowest BCUT2D eigenvalue weighted by Crippen LogP contribution is -2.16. The number of benzene rings is 1. The van der Waals surface area contributed by atoms with Crippen LogP contribution in [-0.4, -0.2) is 49.9 Å². The molecule has 1 fully saturated rings. The summed E-state index contributed by atoms with van der Waals surface area (Å²) in [5.74, 6) is 1.41. The molecule has 3 rings (SSSR count). The third-order valence-corrected chi connectivity index (χ3v) is 3.50. The molecule has 1 aromatic carbocycles. The summed E-state index contributed by atoms with van der Waals surface area (Å²) in [7, 11) is 2.17. The summed E-state index contributed by atoms with van der Waals surface area (Å²) in [5, 5.41) is 9.51. The molecule has 1 saturated heterocycles. The summed E-state index contributed by atoms with van der Waals surface area (Å²) in [6, 6.07) is 5.36. The van der Waals surface area contributed by atoms with Gasteiger partial charge in [0.05, 0.1) is 6.10 Å². The maximum Gasteiger partial charge on any atom is 0.161 e. The van der Waals surface area contributed by atoms with Gasteiger partial charge in [-0.3, -0.25) is 0 Å². The predicted octanol–water partition coefficient (Wildman–Crippen LogP) is 2.19. The highest BCUT2D eigenvalue weighted by molar-refractivity contribution is 5.44. The average Bonchev–Trinajstić information content (AvgIpc) is 3.07. The van der Waals surface area contributed by atoms with E-state index < -0.39 is 6.10 Å². The van der Waals surface area contributed by atoms with Crippen LogP contribution in [0.5, 0.6) is 11.5 Å². The molecule has 1 atom stereocenters. The quantitative estimate of drug-likeness (QED) is 0.876. The van der Waals surface area contributed by atoms with E-state index in [-0.39, 0.29) is 6.54 Å². The summed E-state index contributed by atoms with van der Waals surface area (Å²) in [5.41, 5.74) is 6.12. The van der Waals surface area contributed by atoms with Crippen molar-refractivity contribution in [2.24, 2.45) is 5.73 Å². The van der Waals surface area contributed by atoms with Crippen LogP contribution in [0.2, 0.25) is 0 Å². The fraction of sp³-hybridized carbons (Fsp3) is 0.647. The molecule has 0 amide bonds. The highest BCUT2D eigenvalue weighted by Crippen LogP contribution is 2.32. The first-order valence-electron chi connectivity index (χ1n) is 8.17. The molecule has 2 aliphatic heterocycles. The van der Waals surface area contributed by atoms with E-state index in [1.807, 2.05) is 13.8 Å². The van der Waals surface area contributed by atoms with Gasteiger partial charge in [0.1, 0.15) is 13.2 Å². The molecular formula is C17H30N2O3. The summed E-state index contributed by atoms with van der Waals surface area (Å²) in [6.45, 7) is 7.97. The Morgan fingerprint density at radius 2 is 1.73 bits per heavy atom. The van der Waals surface area contributed by atoms with Crippen LogP contribution < -0.4 is 15.2 Å². The Morgan fingerprint density at radius 3 is 2.23 bits per heavy atom. The number of ether oxygens (including phenoxy) is 2. The minimum absolute atomic E-state index is 0.208. The molecule has 1 aromatic rings. The first-order valence-corrected chi connectivity index (χ1v) is 8.17. The van der Waals surface area contributed by atoms with Crippen LogP contribution in [-0.2, 0) is 0 Å². The largest absolute Gasteiger partial charge is 0.486 e. The summed E-state index contributed by atoms with van der Waals surface area (Å²) < 4.78 is 10.7. The van der Waals surface area contributed by atoms with Gasteiger partial charge in [-0.25, -0.2) is 0 Å². The number of rotatable bonds is 2. The van der Waals surface area contributed by atoms with Gasteiger partial charge in [0.2, 0.25) is 0 Å². The minimum atomic E-state index is -0.633. The summed E-state index contributed by atoms with van der Waals surface area (Å²) in [6.07, 6.45) is 2.19. The molecular weight excluding hydrogens is 280 g/mol. The van der Waals surface area contributed by atoms with Gasteiger partial charge in [-0.15, -0.1) is 0 Å². The third-order valence-electron chi connectivity index (χ3n) is 3.50. The fourth-order valence-corrected chi connectivity index (χ4v) is 2.28. The van der Waals surface area contributed by atoms with Gasteiger partial charge in [0, 0.05) is 6.54 Å². The number of hydrogen-bond acceptors (Lipinski definition) is 5. The van der Waals surface area contributed by atoms with Crippen LogP contribution >= 0.6 is 0 Å². The topological polar surface area (TPSA) is 68.0 Å². The lowest BCUT2D eigenvalue weighted by atomic mass is 10.1. The SMILES string of the molecule is CC.CN1CCCC1.NCC(O)c1ccc2c(c1)OCCO2. The number of aliphatic hydroxyl groups is 1. The van der Waals surface area contributed by atoms with Gasteiger partial charge in [-0.1, -0.05) is 19.9 Å². The van der Waals surface area contributed by atoms with E-state index in [0.717, 1.165) is 11.3 Å². The Balaban J connectivity index is 0.000000253. The van der Waals surface area contributed by atoms with Crippen LogP contribution in [0.3, 0.4) is 0 Å². The molecule has 0 radical (unpaired) electrons. The average molecular weight is 310 g/mol. The maximum absolute atomic E-state index is 9.51. The lowest BCUT2D eigenvalue weighted by molar-refractivity contribution is 0.166. The minimum Gasteiger partial charge on any atom is -0.486 e. The highest BCUT2D eigenvalue weighted by Gasteiger charge is 2.14. The zero-order valence-corrected chi connectivity index (χ0v) is 14.0. The van der Waals surface area contributed by atoms with Gasteiger partial charge in [0.15, 0.2) is 11.5 Å². The second-order valence-electron chi connectivity index (χ2n) is 5.16. The van der Waals surface area contributed by atoms with Crippen LogP contribution in [0.25, 0.3) is 0 Å². The number of fused-ring (bicyclic) bond motifs is 1. The van der Waals surface area contributed by atoms with Crippen molar-refractivity contribution in [1.82, 2.24) is 4.90 Å². The van der Waals surface area contributed by atoms with Crippen LogP contribution in [0.15, 0.2) is 18.2 Å². The summed E-state index contributed by atoms with van der Waals surface area (Å²) in [4.78, 5) is 2.36. The Hall–Kier alpha value is -1.30. The summed E-state index contributed by atoms with van der Waals surface area (Å²) >= 11 is 0. The molecule has 0 aliphatic carbocycles. The normalized spacial score (nSPS) is 17.7. The molecule has 5 nitrogen and oxygen atoms in total. The van der Waals surface area contributed by atoms with Crippen molar-refractivity contribution in [2.45, 2.75) is 32.8 Å². The van der Waals surface area contributed by atoms with E-state index in [1.165, 1.54) is 25.9 Å². The van der Waals surface area contributed by atoms with Crippen molar-refractivity contribution in [2.75, 3.05) is 39.9 Å². The maximum atomic E-state index is 9.51. The van der Waals surface area contributed by atoms with Gasteiger partial charge in [-0.05, 0) is 50.7 Å². The van der Waals surface area contributed by atoms with Crippen molar-refractivity contribution in [3.8, 4) is 11.5 Å². The molecule has 0 bridgehead atoms. The van der Waals surface area contributed by atoms with Gasteiger partial charge >= 0.3 is 0 Å². The number of nitrogens with two attached hydrogens (primary N) is 1. The van der Waals surface area contributed by atoms with E-state index >= 15 is 0 Å². The van der Waals surface area contributed by atoms with Crippen molar-refractivity contribution in [3.05, 3.63) is 23.8 Å². The van der Waals surface area contributed by atoms with E-state index in [0.29, 0.717) is 19.0 Å². The van der Waals surface area contributed by atoms with E-state index in [9.17, 15) is 5.11 Å². The van der Waals surface area contributed by atoms with Crippen molar-refractivity contribution in [3.63, 3.8) is 0 Å². The van der Waals surface area contributed by atoms with Crippen molar-refractivity contribution < 1.29 is 14.6 Å². The first-order chi connectivity index (χ1) is 10.7. The monoisotopic (exact) mass is 310 g/mol. The highest BCUT2D eigenvalue weighted by atomic mass is 16.6. The van der Waals surface area contributed by atoms with Crippen LogP contribution in [0, 0.1) is 0 Å². The van der Waals surface area contributed by atoms with Crippen molar-refractivity contribution >= 4 is 0 Å². The number of nitrogens with zero attached hydrogens (tertiary/aromatic N) is 1. The van der Waals surface area contributed by atoms with E-state index in [2.05, 4.69) is 11.9 Å². The zero-order valence-electron chi connectivity index (χ0n) is 14.0. The van der Waals surface area contributed by atoms with Gasteiger partial charge in [-0.2, -0.15) is 0 Å². The molecule has 1 unspecified atom stereocenters. The van der Waals surface area contributed by atoms with Crippen LogP contribution in [0.4, 0.5) is 0 Å². The Bertz CT molecular complexity index is 420. The number of hydrogen-bond donors (Lipinski definition) is 2. The molecule has 2 aliphatic rings. The van der Waals surface area contributed by atoms with Crippen LogP contribution in [0.1, 0.15) is 38.4 Å². The second kappa shape index (κ2) is 10.4. The second-order valence-corrected chi connectivity index (χ2v) is 5.16. The molecule has 0 spiro atoms. The van der Waals surface area contributed by atoms with E-state index in [4.69, 9.17) is 15.2 Å². The number of likely N-dealkylation sites (tertiary alicyclic amines) is 1. The van der Waals surface area contributed by atoms with Gasteiger partial charge < -0.3 is 25.2 Å². The first kappa shape index (κ1) is 18.7. The molecule has 126 valence electrons. The zero-order chi connectivity index (χ0) is 16.4. The fourth-order valence-electron chi connectivity index (χ4n) is 2.28. The molecule has 5 heteroatoms. The lowest BCUT2D eigenvalue weighted by Gasteiger charge is -2.19. The van der Waals surface area contributed by atoms with E-state index in [1.54, 1.807) is 18.2 Å². The third kappa shape index (κ3) is 5.83.